The number of ether oxygens (including phenoxy) is 1. The van der Waals surface area contributed by atoms with Crippen LogP contribution in [0.1, 0.15) is 37.4 Å². The summed E-state index contributed by atoms with van der Waals surface area (Å²) >= 11 is 0. The number of hydrogen-bond acceptors (Lipinski definition) is 2. The highest BCUT2D eigenvalue weighted by Crippen LogP contribution is 2.34. The molecule has 2 atom stereocenters. The van der Waals surface area contributed by atoms with E-state index in [4.69, 9.17) is 4.74 Å². The summed E-state index contributed by atoms with van der Waals surface area (Å²) in [5.41, 5.74) is 2.63. The van der Waals surface area contributed by atoms with Crippen molar-refractivity contribution in [2.24, 2.45) is 5.92 Å². The molecule has 0 fully saturated rings. The first-order valence-electron chi connectivity index (χ1n) is 6.75. The number of rotatable bonds is 3. The highest BCUT2D eigenvalue weighted by molar-refractivity contribution is 5.47. The van der Waals surface area contributed by atoms with E-state index >= 15 is 0 Å². The van der Waals surface area contributed by atoms with Gasteiger partial charge >= 0.3 is 0 Å². The third-order valence-corrected chi connectivity index (χ3v) is 3.91. The van der Waals surface area contributed by atoms with Gasteiger partial charge in [0, 0.05) is 18.4 Å². The smallest absolute Gasteiger partial charge is 0.160 e. The molecule has 3 heteroatoms. The molecule has 1 aliphatic rings. The standard InChI is InChI=1S/C15H23NO2/c1-10(2)7-13-12-9-14(17)15(18-4)8-11(12)5-6-16(13)3/h8-10,13,17H,5-7H2,1-4H3/p+1/t13-/m0/s1. The van der Waals surface area contributed by atoms with Gasteiger partial charge in [-0.15, -0.1) is 0 Å². The number of benzene rings is 1. The first-order chi connectivity index (χ1) is 8.52. The highest BCUT2D eigenvalue weighted by atomic mass is 16.5. The molecule has 0 aliphatic carbocycles. The van der Waals surface area contributed by atoms with Crippen LogP contribution in [-0.4, -0.2) is 25.8 Å². The number of phenolic OH excluding ortho intramolecular Hbond substituents is 1. The molecule has 18 heavy (non-hydrogen) atoms. The van der Waals surface area contributed by atoms with Gasteiger partial charge in [0.1, 0.15) is 6.04 Å². The van der Waals surface area contributed by atoms with Crippen LogP contribution in [0.2, 0.25) is 0 Å². The van der Waals surface area contributed by atoms with Crippen LogP contribution in [-0.2, 0) is 6.42 Å². The lowest BCUT2D eigenvalue weighted by atomic mass is 9.87. The van der Waals surface area contributed by atoms with Gasteiger partial charge in [0.15, 0.2) is 11.5 Å². The van der Waals surface area contributed by atoms with Crippen molar-refractivity contribution in [3.63, 3.8) is 0 Å². The van der Waals surface area contributed by atoms with E-state index in [1.54, 1.807) is 12.0 Å². The molecule has 1 unspecified atom stereocenters. The predicted molar refractivity (Wildman–Crippen MR) is 72.3 cm³/mol. The van der Waals surface area contributed by atoms with Crippen LogP contribution in [0.15, 0.2) is 12.1 Å². The van der Waals surface area contributed by atoms with Gasteiger partial charge in [-0.3, -0.25) is 0 Å². The lowest BCUT2D eigenvalue weighted by molar-refractivity contribution is -0.915. The van der Waals surface area contributed by atoms with E-state index in [-0.39, 0.29) is 5.75 Å². The van der Waals surface area contributed by atoms with Crippen molar-refractivity contribution >= 4 is 0 Å². The van der Waals surface area contributed by atoms with Crippen molar-refractivity contribution in [2.75, 3.05) is 20.7 Å². The maximum Gasteiger partial charge on any atom is 0.160 e. The molecule has 0 radical (unpaired) electrons. The number of phenols is 1. The normalized spacial score (nSPS) is 22.9. The molecule has 0 bridgehead atoms. The molecule has 0 saturated heterocycles. The fraction of sp³-hybridized carbons (Fsp3) is 0.600. The van der Waals surface area contributed by atoms with Crippen LogP contribution in [0.4, 0.5) is 0 Å². The van der Waals surface area contributed by atoms with E-state index in [2.05, 4.69) is 20.9 Å². The molecule has 0 amide bonds. The Bertz CT molecular complexity index is 429. The second kappa shape index (κ2) is 5.19. The first kappa shape index (κ1) is 13.2. The van der Waals surface area contributed by atoms with Crippen LogP contribution in [0, 0.1) is 5.92 Å². The number of hydrogen-bond donors (Lipinski definition) is 2. The van der Waals surface area contributed by atoms with Gasteiger partial charge in [-0.05, 0) is 23.6 Å². The minimum Gasteiger partial charge on any atom is -0.504 e. The second-order valence-corrected chi connectivity index (χ2v) is 5.75. The van der Waals surface area contributed by atoms with Gasteiger partial charge < -0.3 is 14.7 Å². The molecule has 2 N–H and O–H groups in total. The molecule has 1 aromatic rings. The van der Waals surface area contributed by atoms with E-state index in [9.17, 15) is 5.11 Å². The zero-order valence-electron chi connectivity index (χ0n) is 11.8. The number of quaternary nitrogens is 1. The van der Waals surface area contributed by atoms with E-state index in [1.807, 2.05) is 12.1 Å². The van der Waals surface area contributed by atoms with Crippen molar-refractivity contribution in [1.82, 2.24) is 0 Å². The Kier molecular flexibility index (Phi) is 3.81. The topological polar surface area (TPSA) is 33.9 Å². The fourth-order valence-electron chi connectivity index (χ4n) is 2.90. The molecule has 100 valence electrons. The molecule has 1 aromatic carbocycles. The Balaban J connectivity index is 2.40. The molecular weight excluding hydrogens is 226 g/mol. The Morgan fingerprint density at radius 2 is 2.17 bits per heavy atom. The van der Waals surface area contributed by atoms with Crippen LogP contribution >= 0.6 is 0 Å². The van der Waals surface area contributed by atoms with Gasteiger partial charge in [-0.2, -0.15) is 0 Å². The summed E-state index contributed by atoms with van der Waals surface area (Å²) in [6.07, 6.45) is 2.22. The quantitative estimate of drug-likeness (QED) is 0.853. The Labute approximate surface area is 109 Å². The summed E-state index contributed by atoms with van der Waals surface area (Å²) in [6.45, 7) is 5.66. The summed E-state index contributed by atoms with van der Waals surface area (Å²) < 4.78 is 5.20. The van der Waals surface area contributed by atoms with Crippen molar-refractivity contribution in [2.45, 2.75) is 32.7 Å². The van der Waals surface area contributed by atoms with Gasteiger partial charge in [0.2, 0.25) is 0 Å². The van der Waals surface area contributed by atoms with Gasteiger partial charge in [0.25, 0.3) is 0 Å². The summed E-state index contributed by atoms with van der Waals surface area (Å²) in [6, 6.07) is 4.40. The third kappa shape index (κ3) is 2.46. The summed E-state index contributed by atoms with van der Waals surface area (Å²) in [5.74, 6) is 1.52. The molecule has 0 aromatic heterocycles. The minimum atomic E-state index is 0.264. The van der Waals surface area contributed by atoms with Crippen molar-refractivity contribution < 1.29 is 14.7 Å². The Hall–Kier alpha value is -1.22. The zero-order valence-corrected chi connectivity index (χ0v) is 11.8. The van der Waals surface area contributed by atoms with Crippen LogP contribution in [0.3, 0.4) is 0 Å². The van der Waals surface area contributed by atoms with Crippen molar-refractivity contribution in [3.05, 3.63) is 23.3 Å². The second-order valence-electron chi connectivity index (χ2n) is 5.75. The van der Waals surface area contributed by atoms with E-state index < -0.39 is 0 Å². The van der Waals surface area contributed by atoms with E-state index in [0.29, 0.717) is 17.7 Å². The summed E-state index contributed by atoms with van der Waals surface area (Å²) in [4.78, 5) is 1.54. The average Bonchev–Trinajstić information content (AvgIpc) is 2.32. The molecule has 3 nitrogen and oxygen atoms in total. The lowest BCUT2D eigenvalue weighted by Gasteiger charge is -2.33. The van der Waals surface area contributed by atoms with Gasteiger partial charge in [-0.25, -0.2) is 0 Å². The number of likely N-dealkylation sites (N-methyl/N-ethyl adjacent to an activating group) is 1. The number of fused-ring (bicyclic) bond motifs is 1. The molecule has 2 rings (SSSR count). The largest absolute Gasteiger partial charge is 0.504 e. The SMILES string of the molecule is COc1cc2c(cc1O)[C@H](CC(C)C)[NH+](C)CC2. The number of methoxy groups -OCH3 is 1. The third-order valence-electron chi connectivity index (χ3n) is 3.91. The van der Waals surface area contributed by atoms with Crippen LogP contribution < -0.4 is 9.64 Å². The van der Waals surface area contributed by atoms with Crippen LogP contribution in [0.5, 0.6) is 11.5 Å². The average molecular weight is 250 g/mol. The first-order valence-corrected chi connectivity index (χ1v) is 6.75. The zero-order chi connectivity index (χ0) is 13.3. The monoisotopic (exact) mass is 250 g/mol. The Morgan fingerprint density at radius 1 is 1.44 bits per heavy atom. The van der Waals surface area contributed by atoms with E-state index in [1.165, 1.54) is 11.1 Å². The highest BCUT2D eigenvalue weighted by Gasteiger charge is 2.30. The molecule has 1 aliphatic heterocycles. The van der Waals surface area contributed by atoms with Crippen molar-refractivity contribution in [3.8, 4) is 11.5 Å². The maximum absolute atomic E-state index is 9.97. The number of aromatic hydroxyl groups is 1. The molecule has 0 saturated carbocycles. The van der Waals surface area contributed by atoms with Gasteiger partial charge in [0.05, 0.1) is 20.7 Å². The Morgan fingerprint density at radius 3 is 2.78 bits per heavy atom. The molecule has 1 heterocycles. The van der Waals surface area contributed by atoms with Gasteiger partial charge in [-0.1, -0.05) is 13.8 Å². The fourth-order valence-corrected chi connectivity index (χ4v) is 2.90. The van der Waals surface area contributed by atoms with Crippen molar-refractivity contribution in [1.29, 1.82) is 0 Å². The lowest BCUT2D eigenvalue weighted by Crippen LogP contribution is -3.10. The molecule has 0 spiro atoms. The summed E-state index contributed by atoms with van der Waals surface area (Å²) in [7, 11) is 3.85. The van der Waals surface area contributed by atoms with E-state index in [0.717, 1.165) is 19.4 Å². The van der Waals surface area contributed by atoms with Crippen LogP contribution in [0.25, 0.3) is 0 Å². The maximum atomic E-state index is 9.97. The predicted octanol–water partition coefficient (Wildman–Crippen LogP) is 1.56. The minimum absolute atomic E-state index is 0.264. The number of nitrogens with one attached hydrogen (secondary N) is 1. The summed E-state index contributed by atoms with van der Waals surface area (Å²) in [5, 5.41) is 9.97. The molecular formula is C15H24NO2+.